The molecule has 1 N–H and O–H groups in total. The Hall–Kier alpha value is -2.12. The van der Waals surface area contributed by atoms with Crippen LogP contribution in [0, 0.1) is 0 Å². The second-order valence-electron chi connectivity index (χ2n) is 5.54. The molecular formula is C16H15FN4OS. The van der Waals surface area contributed by atoms with Crippen LogP contribution >= 0.6 is 11.3 Å². The van der Waals surface area contributed by atoms with E-state index >= 15 is 0 Å². The van der Waals surface area contributed by atoms with Crippen LogP contribution in [0.1, 0.15) is 12.5 Å². The van der Waals surface area contributed by atoms with Gasteiger partial charge in [0.05, 0.1) is 11.6 Å². The highest BCUT2D eigenvalue weighted by molar-refractivity contribution is 7.17. The molecule has 0 amide bonds. The van der Waals surface area contributed by atoms with Crippen molar-refractivity contribution in [2.24, 2.45) is 0 Å². The molecule has 23 heavy (non-hydrogen) atoms. The average molecular weight is 330 g/mol. The molecule has 5 nitrogen and oxygen atoms in total. The summed E-state index contributed by atoms with van der Waals surface area (Å²) < 4.78 is 16.5. The fraction of sp³-hybridized carbons (Fsp3) is 0.312. The van der Waals surface area contributed by atoms with Gasteiger partial charge in [0, 0.05) is 12.7 Å². The van der Waals surface area contributed by atoms with Crippen molar-refractivity contribution in [1.29, 1.82) is 0 Å². The van der Waals surface area contributed by atoms with E-state index in [1.165, 1.54) is 15.9 Å². The summed E-state index contributed by atoms with van der Waals surface area (Å²) in [6.45, 7) is 0.933. The molecule has 0 radical (unpaired) electrons. The van der Waals surface area contributed by atoms with Crippen molar-refractivity contribution in [2.75, 3.05) is 13.1 Å². The van der Waals surface area contributed by atoms with E-state index in [0.717, 1.165) is 0 Å². The van der Waals surface area contributed by atoms with Gasteiger partial charge in [-0.25, -0.2) is 9.37 Å². The summed E-state index contributed by atoms with van der Waals surface area (Å²) in [4.78, 5) is 21.9. The molecule has 3 aromatic heterocycles. The highest BCUT2D eigenvalue weighted by atomic mass is 32.1. The molecular weight excluding hydrogens is 315 g/mol. The third-order valence-corrected chi connectivity index (χ3v) is 5.00. The maximum absolute atomic E-state index is 14.5. The van der Waals surface area contributed by atoms with Gasteiger partial charge < -0.3 is 5.32 Å². The Morgan fingerprint density at radius 1 is 1.35 bits per heavy atom. The summed E-state index contributed by atoms with van der Waals surface area (Å²) in [6, 6.07) is 6.74. The van der Waals surface area contributed by atoms with Crippen LogP contribution in [0.5, 0.6) is 0 Å². The first-order valence-electron chi connectivity index (χ1n) is 7.51. The lowest BCUT2D eigenvalue weighted by Crippen LogP contribution is -2.43. The lowest BCUT2D eigenvalue weighted by Gasteiger charge is -2.29. The third kappa shape index (κ3) is 2.46. The second kappa shape index (κ2) is 5.82. The summed E-state index contributed by atoms with van der Waals surface area (Å²) >= 11 is 1.34. The maximum atomic E-state index is 14.5. The predicted molar refractivity (Wildman–Crippen MR) is 88.5 cm³/mol. The molecule has 0 bridgehead atoms. The zero-order chi connectivity index (χ0) is 15.8. The standard InChI is InChI=1S/C16H15FN4OS/c17-10-9-18-7-4-13(10)21-15(12-3-1-2-6-19-12)20-11-5-8-23-14(11)16(21)22/h1-3,5-6,8,10,13,18H,4,7,9H2. The van der Waals surface area contributed by atoms with Crippen LogP contribution < -0.4 is 10.9 Å². The molecule has 1 saturated heterocycles. The van der Waals surface area contributed by atoms with Crippen LogP contribution in [0.15, 0.2) is 40.6 Å². The quantitative estimate of drug-likeness (QED) is 0.784. The Balaban J connectivity index is 2.00. The maximum Gasteiger partial charge on any atom is 0.272 e. The summed E-state index contributed by atoms with van der Waals surface area (Å²) in [7, 11) is 0. The van der Waals surface area contributed by atoms with Crippen molar-refractivity contribution in [1.82, 2.24) is 19.9 Å². The summed E-state index contributed by atoms with van der Waals surface area (Å²) in [5, 5.41) is 4.86. The molecule has 0 aliphatic carbocycles. The lowest BCUT2D eigenvalue weighted by atomic mass is 10.0. The molecule has 4 heterocycles. The van der Waals surface area contributed by atoms with Crippen molar-refractivity contribution in [3.8, 4) is 11.5 Å². The van der Waals surface area contributed by atoms with Crippen LogP contribution in [0.4, 0.5) is 4.39 Å². The number of fused-ring (bicyclic) bond motifs is 1. The number of halogens is 1. The lowest BCUT2D eigenvalue weighted by molar-refractivity contribution is 0.182. The summed E-state index contributed by atoms with van der Waals surface area (Å²) in [5.74, 6) is 0.441. The van der Waals surface area contributed by atoms with E-state index in [1.807, 2.05) is 17.5 Å². The number of nitrogens with zero attached hydrogens (tertiary/aromatic N) is 3. The first kappa shape index (κ1) is 14.5. The monoisotopic (exact) mass is 330 g/mol. The molecule has 2 atom stereocenters. The zero-order valence-corrected chi connectivity index (χ0v) is 13.1. The molecule has 1 aliphatic heterocycles. The number of hydrogen-bond donors (Lipinski definition) is 1. The smallest absolute Gasteiger partial charge is 0.272 e. The van der Waals surface area contributed by atoms with Gasteiger partial charge in [0.15, 0.2) is 5.82 Å². The Morgan fingerprint density at radius 3 is 3.04 bits per heavy atom. The van der Waals surface area contributed by atoms with Gasteiger partial charge in [-0.05, 0) is 36.5 Å². The number of hydrogen-bond acceptors (Lipinski definition) is 5. The van der Waals surface area contributed by atoms with Crippen LogP contribution in [-0.2, 0) is 0 Å². The van der Waals surface area contributed by atoms with Gasteiger partial charge in [0.1, 0.15) is 16.6 Å². The number of rotatable bonds is 2. The molecule has 0 aromatic carbocycles. The van der Waals surface area contributed by atoms with Crippen molar-refractivity contribution in [3.63, 3.8) is 0 Å². The Bertz CT molecular complexity index is 892. The summed E-state index contributed by atoms with van der Waals surface area (Å²) in [6.07, 6.45) is 1.08. The molecule has 118 valence electrons. The second-order valence-corrected chi connectivity index (χ2v) is 6.45. The van der Waals surface area contributed by atoms with Crippen molar-refractivity contribution >= 4 is 21.6 Å². The highest BCUT2D eigenvalue weighted by Gasteiger charge is 2.30. The van der Waals surface area contributed by atoms with Crippen LogP contribution in [0.3, 0.4) is 0 Å². The molecule has 1 fully saturated rings. The highest BCUT2D eigenvalue weighted by Crippen LogP contribution is 2.27. The van der Waals surface area contributed by atoms with E-state index in [9.17, 15) is 9.18 Å². The van der Waals surface area contributed by atoms with E-state index in [1.54, 1.807) is 18.3 Å². The van der Waals surface area contributed by atoms with E-state index in [-0.39, 0.29) is 12.1 Å². The van der Waals surface area contributed by atoms with Gasteiger partial charge in [-0.1, -0.05) is 6.07 Å². The average Bonchev–Trinajstić information content (AvgIpc) is 3.05. The van der Waals surface area contributed by atoms with E-state index < -0.39 is 12.2 Å². The SMILES string of the molecule is O=c1c2sccc2nc(-c2ccccn2)n1C1CCNCC1F. The minimum Gasteiger partial charge on any atom is -0.314 e. The number of nitrogens with one attached hydrogen (secondary N) is 1. The van der Waals surface area contributed by atoms with Gasteiger partial charge in [-0.2, -0.15) is 0 Å². The van der Waals surface area contributed by atoms with E-state index in [4.69, 9.17) is 0 Å². The molecule has 3 aromatic rings. The number of pyridine rings is 1. The number of piperidine rings is 1. The minimum absolute atomic E-state index is 0.180. The van der Waals surface area contributed by atoms with Crippen LogP contribution in [0.2, 0.25) is 0 Å². The fourth-order valence-corrected chi connectivity index (χ4v) is 3.77. The number of aromatic nitrogens is 3. The van der Waals surface area contributed by atoms with Crippen molar-refractivity contribution in [3.05, 3.63) is 46.2 Å². The fourth-order valence-electron chi connectivity index (χ4n) is 3.01. The third-order valence-electron chi connectivity index (χ3n) is 4.11. The molecule has 0 saturated carbocycles. The first-order chi connectivity index (χ1) is 11.3. The zero-order valence-electron chi connectivity index (χ0n) is 12.3. The molecule has 2 unspecified atom stereocenters. The van der Waals surface area contributed by atoms with E-state index in [0.29, 0.717) is 34.7 Å². The minimum atomic E-state index is -1.12. The number of alkyl halides is 1. The molecule has 4 rings (SSSR count). The Labute approximate surface area is 135 Å². The van der Waals surface area contributed by atoms with Gasteiger partial charge >= 0.3 is 0 Å². The van der Waals surface area contributed by atoms with Gasteiger partial charge in [-0.15, -0.1) is 11.3 Å². The first-order valence-corrected chi connectivity index (χ1v) is 8.39. The predicted octanol–water partition coefficient (Wildman–Crippen LogP) is 2.39. The molecule has 7 heteroatoms. The van der Waals surface area contributed by atoms with Gasteiger partial charge in [0.25, 0.3) is 5.56 Å². The van der Waals surface area contributed by atoms with Crippen LogP contribution in [-0.4, -0.2) is 33.8 Å². The molecule has 0 spiro atoms. The van der Waals surface area contributed by atoms with Crippen molar-refractivity contribution in [2.45, 2.75) is 18.6 Å². The van der Waals surface area contributed by atoms with Gasteiger partial charge in [-0.3, -0.25) is 14.3 Å². The van der Waals surface area contributed by atoms with E-state index in [2.05, 4.69) is 15.3 Å². The Morgan fingerprint density at radius 2 is 2.26 bits per heavy atom. The Kier molecular flexibility index (Phi) is 3.66. The van der Waals surface area contributed by atoms with Crippen LogP contribution in [0.25, 0.3) is 21.7 Å². The molecule has 1 aliphatic rings. The van der Waals surface area contributed by atoms with Crippen molar-refractivity contribution < 1.29 is 4.39 Å². The summed E-state index contributed by atoms with van der Waals surface area (Å²) in [5.41, 5.74) is 1.05. The largest absolute Gasteiger partial charge is 0.314 e. The normalized spacial score (nSPS) is 21.6. The number of thiophene rings is 1. The topological polar surface area (TPSA) is 59.8 Å². The van der Waals surface area contributed by atoms with Gasteiger partial charge in [0.2, 0.25) is 0 Å².